The Kier molecular flexibility index (Phi) is 3.93. The lowest BCUT2D eigenvalue weighted by molar-refractivity contribution is 0.532. The van der Waals surface area contributed by atoms with E-state index in [9.17, 15) is 0 Å². The van der Waals surface area contributed by atoms with Crippen LogP contribution < -0.4 is 5.32 Å². The zero-order valence-electron chi connectivity index (χ0n) is 10.4. The second-order valence-electron chi connectivity index (χ2n) is 4.41. The molecular formula is C12H19N5. The van der Waals surface area contributed by atoms with Crippen molar-refractivity contribution in [3.8, 4) is 0 Å². The molecule has 0 amide bonds. The average Bonchev–Trinajstić information content (AvgIpc) is 2.95. The highest BCUT2D eigenvalue weighted by molar-refractivity contribution is 4.96. The molecule has 1 N–H and O–H groups in total. The lowest BCUT2D eigenvalue weighted by atomic mass is 10.3. The summed E-state index contributed by atoms with van der Waals surface area (Å²) in [7, 11) is 0. The summed E-state index contributed by atoms with van der Waals surface area (Å²) in [6.45, 7) is 6.87. The molecule has 0 radical (unpaired) electrons. The quantitative estimate of drug-likeness (QED) is 0.817. The van der Waals surface area contributed by atoms with Crippen molar-refractivity contribution in [2.45, 2.75) is 39.5 Å². The average molecular weight is 233 g/mol. The van der Waals surface area contributed by atoms with Crippen LogP contribution in [0.3, 0.4) is 0 Å². The Morgan fingerprint density at radius 3 is 2.94 bits per heavy atom. The van der Waals surface area contributed by atoms with Gasteiger partial charge in [-0.2, -0.15) is 5.10 Å². The fourth-order valence-corrected chi connectivity index (χ4v) is 1.58. The van der Waals surface area contributed by atoms with Gasteiger partial charge in [0.2, 0.25) is 0 Å². The molecular weight excluding hydrogens is 214 g/mol. The number of aromatic nitrogens is 4. The Balaban J connectivity index is 1.81. The van der Waals surface area contributed by atoms with Crippen LogP contribution in [-0.2, 0) is 19.6 Å². The van der Waals surface area contributed by atoms with E-state index < -0.39 is 0 Å². The van der Waals surface area contributed by atoms with Gasteiger partial charge in [-0.3, -0.25) is 4.68 Å². The molecule has 0 spiro atoms. The van der Waals surface area contributed by atoms with E-state index in [2.05, 4.69) is 40.0 Å². The SMILES string of the molecule is CC(C)NCc1cn(CCn2cccn2)cn1. The van der Waals surface area contributed by atoms with Gasteiger partial charge >= 0.3 is 0 Å². The standard InChI is InChI=1S/C12H19N5/c1-11(2)13-8-12-9-16(10-14-12)6-7-17-5-3-4-15-17/h3-5,9-11,13H,6-8H2,1-2H3. The first-order chi connectivity index (χ1) is 8.24. The third-order valence-corrected chi connectivity index (χ3v) is 2.52. The Labute approximate surface area is 101 Å². The molecule has 2 aromatic rings. The number of nitrogens with one attached hydrogen (secondary N) is 1. The van der Waals surface area contributed by atoms with Crippen LogP contribution in [0.25, 0.3) is 0 Å². The lowest BCUT2D eigenvalue weighted by Crippen LogP contribution is -2.21. The smallest absolute Gasteiger partial charge is 0.0950 e. The summed E-state index contributed by atoms with van der Waals surface area (Å²) in [5, 5.41) is 7.52. The maximum atomic E-state index is 4.36. The second kappa shape index (κ2) is 5.63. The van der Waals surface area contributed by atoms with Gasteiger partial charge in [-0.05, 0) is 6.07 Å². The van der Waals surface area contributed by atoms with Crippen molar-refractivity contribution in [2.24, 2.45) is 0 Å². The van der Waals surface area contributed by atoms with Crippen molar-refractivity contribution >= 4 is 0 Å². The molecule has 0 bridgehead atoms. The largest absolute Gasteiger partial charge is 0.335 e. The number of aryl methyl sites for hydroxylation is 2. The molecule has 2 heterocycles. The van der Waals surface area contributed by atoms with Crippen LogP contribution in [0.4, 0.5) is 0 Å². The second-order valence-corrected chi connectivity index (χ2v) is 4.41. The van der Waals surface area contributed by atoms with Gasteiger partial charge in [0.1, 0.15) is 0 Å². The van der Waals surface area contributed by atoms with Gasteiger partial charge in [-0.1, -0.05) is 13.8 Å². The summed E-state index contributed by atoms with van der Waals surface area (Å²) >= 11 is 0. The van der Waals surface area contributed by atoms with Gasteiger partial charge in [0.25, 0.3) is 0 Å². The van der Waals surface area contributed by atoms with Crippen LogP contribution in [0, 0.1) is 0 Å². The Morgan fingerprint density at radius 2 is 2.24 bits per heavy atom. The third kappa shape index (κ3) is 3.71. The maximum absolute atomic E-state index is 4.36. The van der Waals surface area contributed by atoms with E-state index in [0.717, 1.165) is 25.3 Å². The summed E-state index contributed by atoms with van der Waals surface area (Å²) in [4.78, 5) is 4.36. The Hall–Kier alpha value is -1.62. The van der Waals surface area contributed by atoms with Crippen LogP contribution in [-0.4, -0.2) is 25.4 Å². The molecule has 92 valence electrons. The van der Waals surface area contributed by atoms with Crippen LogP contribution in [0.1, 0.15) is 19.5 Å². The minimum Gasteiger partial charge on any atom is -0.335 e. The van der Waals surface area contributed by atoms with Gasteiger partial charge < -0.3 is 9.88 Å². The summed E-state index contributed by atoms with van der Waals surface area (Å²) < 4.78 is 4.02. The summed E-state index contributed by atoms with van der Waals surface area (Å²) in [5.74, 6) is 0. The summed E-state index contributed by atoms with van der Waals surface area (Å²) in [6, 6.07) is 2.43. The monoisotopic (exact) mass is 233 g/mol. The zero-order valence-corrected chi connectivity index (χ0v) is 10.4. The molecule has 0 aliphatic rings. The molecule has 2 aromatic heterocycles. The molecule has 0 saturated carbocycles. The van der Waals surface area contributed by atoms with E-state index >= 15 is 0 Å². The highest BCUT2D eigenvalue weighted by atomic mass is 15.3. The molecule has 5 nitrogen and oxygen atoms in total. The topological polar surface area (TPSA) is 47.7 Å². The van der Waals surface area contributed by atoms with E-state index in [-0.39, 0.29) is 0 Å². The van der Waals surface area contributed by atoms with Crippen LogP contribution in [0.5, 0.6) is 0 Å². The fourth-order valence-electron chi connectivity index (χ4n) is 1.58. The van der Waals surface area contributed by atoms with E-state index in [1.54, 1.807) is 6.20 Å². The third-order valence-electron chi connectivity index (χ3n) is 2.52. The van der Waals surface area contributed by atoms with Gasteiger partial charge in [0.15, 0.2) is 0 Å². The van der Waals surface area contributed by atoms with Gasteiger partial charge in [0, 0.05) is 37.7 Å². The molecule has 17 heavy (non-hydrogen) atoms. The molecule has 0 unspecified atom stereocenters. The number of nitrogens with zero attached hydrogens (tertiary/aromatic N) is 4. The molecule has 0 saturated heterocycles. The van der Waals surface area contributed by atoms with Crippen molar-refractivity contribution in [1.82, 2.24) is 24.6 Å². The van der Waals surface area contributed by atoms with Gasteiger partial charge in [-0.15, -0.1) is 0 Å². The molecule has 0 atom stereocenters. The minimum atomic E-state index is 0.490. The predicted molar refractivity (Wildman–Crippen MR) is 66.4 cm³/mol. The van der Waals surface area contributed by atoms with Crippen molar-refractivity contribution < 1.29 is 0 Å². The van der Waals surface area contributed by atoms with E-state index in [1.807, 2.05) is 23.3 Å². The van der Waals surface area contributed by atoms with Crippen molar-refractivity contribution in [3.63, 3.8) is 0 Å². The number of hydrogen-bond donors (Lipinski definition) is 1. The van der Waals surface area contributed by atoms with Crippen molar-refractivity contribution in [2.75, 3.05) is 0 Å². The van der Waals surface area contributed by atoms with Gasteiger partial charge in [0.05, 0.1) is 18.6 Å². The highest BCUT2D eigenvalue weighted by Gasteiger charge is 2.00. The van der Waals surface area contributed by atoms with Gasteiger partial charge in [-0.25, -0.2) is 4.98 Å². The first-order valence-corrected chi connectivity index (χ1v) is 5.95. The molecule has 2 rings (SSSR count). The molecule has 5 heteroatoms. The minimum absolute atomic E-state index is 0.490. The fraction of sp³-hybridized carbons (Fsp3) is 0.500. The number of imidazole rings is 1. The number of hydrogen-bond acceptors (Lipinski definition) is 3. The van der Waals surface area contributed by atoms with E-state index in [1.165, 1.54) is 0 Å². The van der Waals surface area contributed by atoms with Crippen LogP contribution in [0.2, 0.25) is 0 Å². The predicted octanol–water partition coefficient (Wildman–Crippen LogP) is 1.28. The van der Waals surface area contributed by atoms with E-state index in [0.29, 0.717) is 6.04 Å². The normalized spacial score (nSPS) is 11.2. The highest BCUT2D eigenvalue weighted by Crippen LogP contribution is 1.98. The number of rotatable bonds is 6. The van der Waals surface area contributed by atoms with Crippen LogP contribution >= 0.6 is 0 Å². The Bertz CT molecular complexity index is 429. The van der Waals surface area contributed by atoms with Crippen molar-refractivity contribution in [3.05, 3.63) is 36.7 Å². The maximum Gasteiger partial charge on any atom is 0.0950 e. The summed E-state index contributed by atoms with van der Waals surface area (Å²) in [5.41, 5.74) is 1.08. The first-order valence-electron chi connectivity index (χ1n) is 5.95. The Morgan fingerprint density at radius 1 is 1.35 bits per heavy atom. The van der Waals surface area contributed by atoms with Crippen LogP contribution in [0.15, 0.2) is 31.0 Å². The summed E-state index contributed by atoms with van der Waals surface area (Å²) in [6.07, 6.45) is 7.73. The molecule has 0 fully saturated rings. The lowest BCUT2D eigenvalue weighted by Gasteiger charge is -2.05. The first kappa shape index (κ1) is 11.9. The molecule has 0 aliphatic carbocycles. The zero-order chi connectivity index (χ0) is 12.1. The molecule has 0 aromatic carbocycles. The molecule has 0 aliphatic heterocycles. The van der Waals surface area contributed by atoms with E-state index in [4.69, 9.17) is 0 Å². The van der Waals surface area contributed by atoms with Crippen molar-refractivity contribution in [1.29, 1.82) is 0 Å².